The maximum atomic E-state index is 5.89. The quantitative estimate of drug-likeness (QED) is 0.428. The molecule has 1 aromatic heterocycles. The number of fused-ring (bicyclic) bond motifs is 1. The van der Waals surface area contributed by atoms with Crippen LogP contribution in [0.2, 0.25) is 0 Å². The van der Waals surface area contributed by atoms with Gasteiger partial charge in [0.05, 0.1) is 6.61 Å². The summed E-state index contributed by atoms with van der Waals surface area (Å²) in [5.41, 5.74) is 1.79. The number of aromatic nitrogens is 2. The van der Waals surface area contributed by atoms with Crippen LogP contribution in [0.3, 0.4) is 0 Å². The monoisotopic (exact) mass is 357 g/mol. The van der Waals surface area contributed by atoms with E-state index in [-0.39, 0.29) is 0 Å². The zero-order valence-electron chi connectivity index (χ0n) is 15.5. The van der Waals surface area contributed by atoms with Crippen molar-refractivity contribution in [3.05, 3.63) is 72.6 Å². The second kappa shape index (κ2) is 7.62. The molecule has 3 aromatic carbocycles. The lowest BCUT2D eigenvalue weighted by molar-refractivity contribution is 0.315. The smallest absolute Gasteiger partial charge is 0.248 e. The molecular weight excluding hydrogens is 336 g/mol. The first kappa shape index (κ1) is 17.3. The zero-order valence-corrected chi connectivity index (χ0v) is 15.5. The highest BCUT2D eigenvalue weighted by molar-refractivity contribution is 5.86. The van der Waals surface area contributed by atoms with E-state index in [1.165, 1.54) is 11.3 Å². The van der Waals surface area contributed by atoms with Crippen molar-refractivity contribution < 1.29 is 9.15 Å². The van der Waals surface area contributed by atoms with Crippen molar-refractivity contribution in [3.63, 3.8) is 0 Å². The molecule has 0 atom stereocenters. The van der Waals surface area contributed by atoms with E-state index in [1.54, 1.807) is 0 Å². The molecule has 0 N–H and O–H groups in total. The Kier molecular flexibility index (Phi) is 4.88. The Balaban J connectivity index is 1.51. The van der Waals surface area contributed by atoms with Crippen LogP contribution in [0.15, 0.2) is 71.1 Å². The van der Waals surface area contributed by atoms with Crippen LogP contribution < -0.4 is 4.74 Å². The minimum absolute atomic E-state index is 0.502. The minimum atomic E-state index is 0.502. The van der Waals surface area contributed by atoms with Crippen LogP contribution in [0, 0.1) is 5.92 Å². The van der Waals surface area contributed by atoms with Crippen molar-refractivity contribution in [1.29, 1.82) is 0 Å². The highest BCUT2D eigenvalue weighted by Gasteiger charge is 2.11. The SMILES string of the molecule is C[C](C)CCOc1ccc(-c2nnc(-c3ccc4ccccc4c3)o2)cc1. The molecular formula is C23H21N2O2. The molecule has 4 heteroatoms. The van der Waals surface area contributed by atoms with Crippen molar-refractivity contribution in [2.45, 2.75) is 20.3 Å². The van der Waals surface area contributed by atoms with E-state index in [0.717, 1.165) is 28.7 Å². The second-order valence-corrected chi connectivity index (χ2v) is 6.80. The number of ether oxygens (including phenoxy) is 1. The van der Waals surface area contributed by atoms with Gasteiger partial charge in [0, 0.05) is 11.1 Å². The largest absolute Gasteiger partial charge is 0.494 e. The minimum Gasteiger partial charge on any atom is -0.494 e. The van der Waals surface area contributed by atoms with Crippen LogP contribution in [-0.2, 0) is 0 Å². The number of rotatable bonds is 6. The predicted octanol–water partition coefficient (Wildman–Crippen LogP) is 5.94. The third kappa shape index (κ3) is 4.00. The lowest BCUT2D eigenvalue weighted by Gasteiger charge is -2.07. The first-order valence-electron chi connectivity index (χ1n) is 9.04. The summed E-state index contributed by atoms with van der Waals surface area (Å²) in [6, 6.07) is 22.1. The summed E-state index contributed by atoms with van der Waals surface area (Å²) in [6.45, 7) is 4.90. The summed E-state index contributed by atoms with van der Waals surface area (Å²) in [5, 5.41) is 10.7. The third-order valence-corrected chi connectivity index (χ3v) is 4.39. The Bertz CT molecular complexity index is 1040. The van der Waals surface area contributed by atoms with Gasteiger partial charge in [-0.1, -0.05) is 44.2 Å². The van der Waals surface area contributed by atoms with Gasteiger partial charge in [-0.2, -0.15) is 0 Å². The molecule has 4 nitrogen and oxygen atoms in total. The summed E-state index contributed by atoms with van der Waals surface area (Å²) in [6.07, 6.45) is 0.959. The summed E-state index contributed by atoms with van der Waals surface area (Å²) in [5.74, 6) is 3.22. The average Bonchev–Trinajstić information content (AvgIpc) is 3.18. The molecule has 0 unspecified atom stereocenters. The lowest BCUT2D eigenvalue weighted by Crippen LogP contribution is -1.99. The van der Waals surface area contributed by atoms with E-state index in [9.17, 15) is 0 Å². The van der Waals surface area contributed by atoms with Crippen molar-refractivity contribution in [2.24, 2.45) is 0 Å². The van der Waals surface area contributed by atoms with E-state index in [4.69, 9.17) is 9.15 Å². The van der Waals surface area contributed by atoms with Gasteiger partial charge in [0.15, 0.2) is 0 Å². The summed E-state index contributed by atoms with van der Waals surface area (Å²) >= 11 is 0. The number of hydrogen-bond donors (Lipinski definition) is 0. The first-order valence-corrected chi connectivity index (χ1v) is 9.04. The van der Waals surface area contributed by atoms with Gasteiger partial charge in [0.2, 0.25) is 11.8 Å². The Labute approximate surface area is 158 Å². The van der Waals surface area contributed by atoms with Gasteiger partial charge in [-0.05, 0) is 59.5 Å². The molecule has 0 bridgehead atoms. The Morgan fingerprint density at radius 2 is 1.48 bits per heavy atom. The molecule has 0 spiro atoms. The van der Waals surface area contributed by atoms with Gasteiger partial charge >= 0.3 is 0 Å². The van der Waals surface area contributed by atoms with E-state index in [1.807, 2.05) is 42.5 Å². The molecule has 0 aliphatic rings. The van der Waals surface area contributed by atoms with Crippen molar-refractivity contribution in [3.8, 4) is 28.7 Å². The zero-order chi connectivity index (χ0) is 18.6. The van der Waals surface area contributed by atoms with Crippen LogP contribution >= 0.6 is 0 Å². The van der Waals surface area contributed by atoms with E-state index < -0.39 is 0 Å². The summed E-state index contributed by atoms with van der Waals surface area (Å²) in [7, 11) is 0. The highest BCUT2D eigenvalue weighted by Crippen LogP contribution is 2.27. The fraction of sp³-hybridized carbons (Fsp3) is 0.174. The van der Waals surface area contributed by atoms with Crippen LogP contribution in [0.5, 0.6) is 5.75 Å². The van der Waals surface area contributed by atoms with E-state index in [2.05, 4.69) is 48.3 Å². The summed E-state index contributed by atoms with van der Waals surface area (Å²) in [4.78, 5) is 0. The lowest BCUT2D eigenvalue weighted by atomic mass is 10.1. The topological polar surface area (TPSA) is 48.2 Å². The average molecular weight is 357 g/mol. The number of nitrogens with zero attached hydrogens (tertiary/aromatic N) is 2. The van der Waals surface area contributed by atoms with E-state index in [0.29, 0.717) is 18.4 Å². The van der Waals surface area contributed by atoms with Crippen molar-refractivity contribution in [2.75, 3.05) is 6.61 Å². The highest BCUT2D eigenvalue weighted by atomic mass is 16.5. The standard InChI is InChI=1S/C23H21N2O2/c1-16(2)13-14-26-21-11-9-18(10-12-21)22-24-25-23(27-22)20-8-7-17-5-3-4-6-19(17)15-20/h3-12,15H,13-14H2,1-2H3. The van der Waals surface area contributed by atoms with Crippen LogP contribution in [-0.4, -0.2) is 16.8 Å². The Morgan fingerprint density at radius 3 is 2.22 bits per heavy atom. The molecule has 0 saturated carbocycles. The molecule has 4 rings (SSSR count). The van der Waals surface area contributed by atoms with Gasteiger partial charge in [-0.25, -0.2) is 0 Å². The van der Waals surface area contributed by atoms with Crippen molar-refractivity contribution in [1.82, 2.24) is 10.2 Å². The third-order valence-electron chi connectivity index (χ3n) is 4.39. The number of hydrogen-bond acceptors (Lipinski definition) is 4. The maximum absolute atomic E-state index is 5.89. The van der Waals surface area contributed by atoms with Gasteiger partial charge in [0.1, 0.15) is 5.75 Å². The number of benzene rings is 3. The van der Waals surface area contributed by atoms with Crippen molar-refractivity contribution >= 4 is 10.8 Å². The van der Waals surface area contributed by atoms with Crippen LogP contribution in [0.4, 0.5) is 0 Å². The summed E-state index contributed by atoms with van der Waals surface area (Å²) < 4.78 is 11.6. The molecule has 0 aliphatic heterocycles. The molecule has 135 valence electrons. The Hall–Kier alpha value is -3.14. The van der Waals surface area contributed by atoms with Gasteiger partial charge in [-0.3, -0.25) is 0 Å². The molecule has 0 amide bonds. The van der Waals surface area contributed by atoms with Gasteiger partial charge in [0.25, 0.3) is 0 Å². The molecule has 0 saturated heterocycles. The van der Waals surface area contributed by atoms with Gasteiger partial charge in [-0.15, -0.1) is 10.2 Å². The predicted molar refractivity (Wildman–Crippen MR) is 107 cm³/mol. The Morgan fingerprint density at radius 1 is 0.815 bits per heavy atom. The molecule has 4 aromatic rings. The normalized spacial score (nSPS) is 11.2. The maximum Gasteiger partial charge on any atom is 0.248 e. The first-order chi connectivity index (χ1) is 13.2. The fourth-order valence-electron chi connectivity index (χ4n) is 2.85. The molecule has 0 fully saturated rings. The van der Waals surface area contributed by atoms with Crippen LogP contribution in [0.25, 0.3) is 33.7 Å². The molecule has 1 radical (unpaired) electrons. The second-order valence-electron chi connectivity index (χ2n) is 6.80. The van der Waals surface area contributed by atoms with Crippen LogP contribution in [0.1, 0.15) is 20.3 Å². The molecule has 27 heavy (non-hydrogen) atoms. The van der Waals surface area contributed by atoms with E-state index >= 15 is 0 Å². The molecule has 0 aliphatic carbocycles. The molecule has 1 heterocycles. The van der Waals surface area contributed by atoms with Gasteiger partial charge < -0.3 is 9.15 Å². The fourth-order valence-corrected chi connectivity index (χ4v) is 2.85.